The maximum atomic E-state index is 13.2. The van der Waals surface area contributed by atoms with Crippen LogP contribution in [0, 0.1) is 5.82 Å². The first kappa shape index (κ1) is 13.0. The van der Waals surface area contributed by atoms with Gasteiger partial charge in [0.1, 0.15) is 5.82 Å². The molecule has 0 aliphatic heterocycles. The van der Waals surface area contributed by atoms with Gasteiger partial charge in [0.25, 0.3) is 0 Å². The fourth-order valence-electron chi connectivity index (χ4n) is 1.62. The molecule has 3 heteroatoms. The summed E-state index contributed by atoms with van der Waals surface area (Å²) in [5.74, 6) is -0.334. The van der Waals surface area contributed by atoms with E-state index in [-0.39, 0.29) is 17.5 Å². The molecule has 90 valence electrons. The van der Waals surface area contributed by atoms with Crippen LogP contribution >= 0.6 is 0 Å². The zero-order chi connectivity index (χ0) is 12.0. The van der Waals surface area contributed by atoms with Gasteiger partial charge in [-0.1, -0.05) is 25.8 Å². The lowest BCUT2D eigenvalue weighted by atomic mass is 10.1. The highest BCUT2D eigenvalue weighted by Gasteiger charge is 2.06. The van der Waals surface area contributed by atoms with E-state index in [1.165, 1.54) is 18.9 Å². The van der Waals surface area contributed by atoms with Gasteiger partial charge in [-0.3, -0.25) is 0 Å². The number of nitrogens with two attached hydrogens (primary N) is 1. The second-order valence-corrected chi connectivity index (χ2v) is 4.16. The van der Waals surface area contributed by atoms with Crippen molar-refractivity contribution in [3.63, 3.8) is 0 Å². The predicted octanol–water partition coefficient (Wildman–Crippen LogP) is 3.25. The number of nitrogens with one attached hydrogen (secondary N) is 1. The molecule has 0 saturated carbocycles. The van der Waals surface area contributed by atoms with E-state index in [0.717, 1.165) is 18.5 Å². The number of unbranched alkanes of at least 4 members (excludes halogenated alkanes) is 2. The van der Waals surface area contributed by atoms with Crippen LogP contribution in [-0.2, 0) is 0 Å². The molecular weight excluding hydrogens is 203 g/mol. The molecule has 0 bridgehead atoms. The lowest BCUT2D eigenvalue weighted by molar-refractivity contribution is 0.539. The summed E-state index contributed by atoms with van der Waals surface area (Å²) in [5, 5.41) is 3.37. The van der Waals surface area contributed by atoms with Gasteiger partial charge in [0, 0.05) is 6.04 Å². The molecule has 16 heavy (non-hydrogen) atoms. The van der Waals surface area contributed by atoms with Crippen molar-refractivity contribution in [2.24, 2.45) is 0 Å². The smallest absolute Gasteiger partial charge is 0.146 e. The molecule has 1 aromatic carbocycles. The van der Waals surface area contributed by atoms with Crippen molar-refractivity contribution in [1.82, 2.24) is 5.32 Å². The highest BCUT2D eigenvalue weighted by Crippen LogP contribution is 2.17. The molecule has 3 N–H and O–H groups in total. The van der Waals surface area contributed by atoms with Gasteiger partial charge < -0.3 is 11.1 Å². The van der Waals surface area contributed by atoms with Gasteiger partial charge in [0.05, 0.1) is 5.69 Å². The van der Waals surface area contributed by atoms with Gasteiger partial charge >= 0.3 is 0 Å². The molecule has 1 atom stereocenters. The molecule has 0 radical (unpaired) electrons. The van der Waals surface area contributed by atoms with Crippen molar-refractivity contribution < 1.29 is 4.39 Å². The van der Waals surface area contributed by atoms with Crippen molar-refractivity contribution in [2.45, 2.75) is 39.2 Å². The molecule has 0 aliphatic carbocycles. The fourth-order valence-corrected chi connectivity index (χ4v) is 1.62. The van der Waals surface area contributed by atoms with Crippen molar-refractivity contribution in [3.05, 3.63) is 29.6 Å². The number of hydrogen-bond acceptors (Lipinski definition) is 2. The third kappa shape index (κ3) is 3.81. The topological polar surface area (TPSA) is 38.0 Å². The fraction of sp³-hybridized carbons (Fsp3) is 0.538. The van der Waals surface area contributed by atoms with E-state index in [0.29, 0.717) is 0 Å². The monoisotopic (exact) mass is 224 g/mol. The minimum atomic E-state index is -0.334. The summed E-state index contributed by atoms with van der Waals surface area (Å²) >= 11 is 0. The molecule has 0 heterocycles. The van der Waals surface area contributed by atoms with Crippen molar-refractivity contribution >= 4 is 5.69 Å². The Kier molecular flexibility index (Phi) is 5.26. The van der Waals surface area contributed by atoms with E-state index in [2.05, 4.69) is 12.2 Å². The molecule has 0 aromatic heterocycles. The first-order chi connectivity index (χ1) is 7.65. The normalized spacial score (nSPS) is 12.7. The summed E-state index contributed by atoms with van der Waals surface area (Å²) in [5.41, 5.74) is 6.59. The number of hydrogen-bond donors (Lipinski definition) is 2. The van der Waals surface area contributed by atoms with Gasteiger partial charge in [0.15, 0.2) is 0 Å². The van der Waals surface area contributed by atoms with Gasteiger partial charge in [0.2, 0.25) is 0 Å². The maximum Gasteiger partial charge on any atom is 0.146 e. The number of rotatable bonds is 6. The van der Waals surface area contributed by atoms with Crippen LogP contribution in [0.1, 0.15) is 44.7 Å². The van der Waals surface area contributed by atoms with Gasteiger partial charge in [-0.2, -0.15) is 0 Å². The average Bonchev–Trinajstić information content (AvgIpc) is 2.28. The molecule has 0 fully saturated rings. The summed E-state index contributed by atoms with van der Waals surface area (Å²) in [7, 11) is 0. The van der Waals surface area contributed by atoms with E-state index in [1.54, 1.807) is 6.07 Å². The van der Waals surface area contributed by atoms with Crippen LogP contribution in [0.25, 0.3) is 0 Å². The molecule has 2 nitrogen and oxygen atoms in total. The highest BCUT2D eigenvalue weighted by atomic mass is 19.1. The Morgan fingerprint density at radius 1 is 1.38 bits per heavy atom. The van der Waals surface area contributed by atoms with Crippen molar-refractivity contribution in [2.75, 3.05) is 12.3 Å². The van der Waals surface area contributed by atoms with E-state index >= 15 is 0 Å². The molecular formula is C13H21FN2. The van der Waals surface area contributed by atoms with E-state index in [1.807, 2.05) is 13.0 Å². The number of halogens is 1. The van der Waals surface area contributed by atoms with E-state index in [9.17, 15) is 4.39 Å². The van der Waals surface area contributed by atoms with E-state index < -0.39 is 0 Å². The summed E-state index contributed by atoms with van der Waals surface area (Å²) in [4.78, 5) is 0. The van der Waals surface area contributed by atoms with Crippen LogP contribution < -0.4 is 11.1 Å². The molecule has 0 spiro atoms. The zero-order valence-corrected chi connectivity index (χ0v) is 10.1. The summed E-state index contributed by atoms with van der Waals surface area (Å²) in [6.07, 6.45) is 3.61. The average molecular weight is 224 g/mol. The molecule has 0 aliphatic rings. The maximum absolute atomic E-state index is 13.2. The molecule has 0 saturated heterocycles. The van der Waals surface area contributed by atoms with Gasteiger partial charge in [-0.05, 0) is 37.6 Å². The van der Waals surface area contributed by atoms with E-state index in [4.69, 9.17) is 5.73 Å². The Morgan fingerprint density at radius 2 is 2.12 bits per heavy atom. The SMILES string of the molecule is CCCCCN[C@@H](C)c1ccc(N)c(F)c1. The first-order valence-corrected chi connectivity index (χ1v) is 5.93. The number of benzene rings is 1. The lowest BCUT2D eigenvalue weighted by Crippen LogP contribution is -2.20. The Hall–Kier alpha value is -1.09. The first-order valence-electron chi connectivity index (χ1n) is 5.93. The number of nitrogen functional groups attached to an aromatic ring is 1. The van der Waals surface area contributed by atoms with Crippen molar-refractivity contribution in [3.8, 4) is 0 Å². The van der Waals surface area contributed by atoms with Crippen LogP contribution in [-0.4, -0.2) is 6.54 Å². The third-order valence-electron chi connectivity index (χ3n) is 2.76. The molecule has 0 unspecified atom stereocenters. The van der Waals surface area contributed by atoms with Crippen molar-refractivity contribution in [1.29, 1.82) is 0 Å². The Morgan fingerprint density at radius 3 is 2.75 bits per heavy atom. The molecule has 1 rings (SSSR count). The van der Waals surface area contributed by atoms with Crippen LogP contribution in [0.15, 0.2) is 18.2 Å². The second kappa shape index (κ2) is 6.48. The predicted molar refractivity (Wildman–Crippen MR) is 66.8 cm³/mol. The quantitative estimate of drug-likeness (QED) is 0.575. The summed E-state index contributed by atoms with van der Waals surface area (Å²) < 4.78 is 13.2. The highest BCUT2D eigenvalue weighted by molar-refractivity contribution is 5.41. The molecule has 1 aromatic rings. The largest absolute Gasteiger partial charge is 0.396 e. The minimum Gasteiger partial charge on any atom is -0.396 e. The third-order valence-corrected chi connectivity index (χ3v) is 2.76. The lowest BCUT2D eigenvalue weighted by Gasteiger charge is -2.14. The Labute approximate surface area is 97.0 Å². The number of anilines is 1. The zero-order valence-electron chi connectivity index (χ0n) is 10.1. The van der Waals surface area contributed by atoms with Crippen LogP contribution in [0.5, 0.6) is 0 Å². The second-order valence-electron chi connectivity index (χ2n) is 4.16. The van der Waals surface area contributed by atoms with Crippen LogP contribution in [0.3, 0.4) is 0 Å². The standard InChI is InChI=1S/C13H21FN2/c1-3-4-5-8-16-10(2)11-6-7-13(15)12(14)9-11/h6-7,9-10,16H,3-5,8,15H2,1-2H3/t10-/m0/s1. The Balaban J connectivity index is 2.46. The van der Waals surface area contributed by atoms with Crippen LogP contribution in [0.4, 0.5) is 10.1 Å². The minimum absolute atomic E-state index is 0.173. The van der Waals surface area contributed by atoms with Crippen LogP contribution in [0.2, 0.25) is 0 Å². The molecule has 0 amide bonds. The summed E-state index contributed by atoms with van der Waals surface area (Å²) in [6.45, 7) is 5.19. The summed E-state index contributed by atoms with van der Waals surface area (Å²) in [6, 6.07) is 5.17. The van der Waals surface area contributed by atoms with Gasteiger partial charge in [-0.25, -0.2) is 4.39 Å². The Bertz CT molecular complexity index is 326. The van der Waals surface area contributed by atoms with Gasteiger partial charge in [-0.15, -0.1) is 0 Å².